The molecule has 2 rings (SSSR count). The first kappa shape index (κ1) is 24.5. The molecule has 0 saturated carbocycles. The maximum absolute atomic E-state index is 12.2. The highest BCUT2D eigenvalue weighted by atomic mass is 35.5. The van der Waals surface area contributed by atoms with E-state index in [4.69, 9.17) is 27.6 Å². The van der Waals surface area contributed by atoms with Crippen LogP contribution in [-0.2, 0) is 4.43 Å². The Hall–Kier alpha value is -0.793. The van der Waals surface area contributed by atoms with E-state index in [9.17, 15) is 15.0 Å². The number of aliphatic hydroxyl groups excluding tert-OH is 1. The molecule has 0 aliphatic carbocycles. The monoisotopic (exact) mass is 461 g/mol. The predicted octanol–water partition coefficient (Wildman–Crippen LogP) is 6.34. The van der Waals surface area contributed by atoms with Gasteiger partial charge in [0.05, 0.1) is 21.7 Å². The molecule has 1 aromatic rings. The lowest BCUT2D eigenvalue weighted by Crippen LogP contribution is -2.51. The van der Waals surface area contributed by atoms with Gasteiger partial charge in [0, 0.05) is 13.0 Å². The number of nitrogens with zero attached hydrogens (tertiary/aromatic N) is 1. The summed E-state index contributed by atoms with van der Waals surface area (Å²) in [6.07, 6.45) is -0.620. The van der Waals surface area contributed by atoms with Crippen LogP contribution in [0.15, 0.2) is 18.2 Å². The molecule has 1 heterocycles. The van der Waals surface area contributed by atoms with Crippen LogP contribution in [0.3, 0.4) is 0 Å². The Balaban J connectivity index is 2.43. The zero-order chi connectivity index (χ0) is 22.2. The van der Waals surface area contributed by atoms with Crippen molar-refractivity contribution in [1.82, 2.24) is 4.90 Å². The molecule has 1 amide bonds. The van der Waals surface area contributed by atoms with Gasteiger partial charge in [0.25, 0.3) is 0 Å². The van der Waals surface area contributed by atoms with Gasteiger partial charge in [0.15, 0.2) is 8.32 Å². The van der Waals surface area contributed by atoms with Crippen LogP contribution in [0.1, 0.15) is 58.6 Å². The van der Waals surface area contributed by atoms with E-state index in [1.54, 1.807) is 18.2 Å². The van der Waals surface area contributed by atoms with Gasteiger partial charge >= 0.3 is 6.09 Å². The fourth-order valence-electron chi connectivity index (χ4n) is 3.95. The lowest BCUT2D eigenvalue weighted by Gasteiger charge is -2.41. The van der Waals surface area contributed by atoms with Crippen molar-refractivity contribution in [2.24, 2.45) is 0 Å². The first-order chi connectivity index (χ1) is 13.2. The number of hydrogen-bond acceptors (Lipinski definition) is 3. The summed E-state index contributed by atoms with van der Waals surface area (Å²) in [6, 6.07) is 4.96. The first-order valence-electron chi connectivity index (χ1n) is 10.1. The molecule has 1 fully saturated rings. The Kier molecular flexibility index (Phi) is 7.39. The maximum atomic E-state index is 12.2. The molecule has 29 heavy (non-hydrogen) atoms. The van der Waals surface area contributed by atoms with E-state index in [0.29, 0.717) is 28.5 Å². The van der Waals surface area contributed by atoms with Crippen molar-refractivity contribution in [3.05, 3.63) is 33.8 Å². The third-order valence-corrected chi connectivity index (χ3v) is 11.7. The van der Waals surface area contributed by atoms with E-state index in [1.165, 1.54) is 4.90 Å². The molecule has 1 unspecified atom stereocenters. The summed E-state index contributed by atoms with van der Waals surface area (Å²) in [5, 5.41) is 22.1. The van der Waals surface area contributed by atoms with Crippen LogP contribution in [0, 0.1) is 0 Å². The van der Waals surface area contributed by atoms with E-state index in [0.717, 1.165) is 6.42 Å². The number of carboxylic acid groups (broad SMARTS) is 1. The molecule has 1 aliphatic heterocycles. The van der Waals surface area contributed by atoms with Crippen LogP contribution in [0.25, 0.3) is 0 Å². The topological polar surface area (TPSA) is 70.0 Å². The second kappa shape index (κ2) is 8.75. The van der Waals surface area contributed by atoms with Crippen molar-refractivity contribution in [2.45, 2.75) is 82.8 Å². The Morgan fingerprint density at radius 1 is 1.34 bits per heavy atom. The average molecular weight is 462 g/mol. The number of amides is 1. The van der Waals surface area contributed by atoms with Crippen molar-refractivity contribution < 1.29 is 19.4 Å². The number of benzene rings is 1. The normalized spacial score (nSPS) is 24.0. The van der Waals surface area contributed by atoms with Crippen LogP contribution in [0.4, 0.5) is 4.79 Å². The highest BCUT2D eigenvalue weighted by Crippen LogP contribution is 2.47. The van der Waals surface area contributed by atoms with Crippen LogP contribution in [-0.4, -0.2) is 47.7 Å². The largest absolute Gasteiger partial charge is 0.465 e. The van der Waals surface area contributed by atoms with Crippen LogP contribution in [0.2, 0.25) is 28.2 Å². The summed E-state index contributed by atoms with van der Waals surface area (Å²) in [4.78, 5) is 13.6. The molecule has 0 bridgehead atoms. The molecule has 5 nitrogen and oxygen atoms in total. The molecule has 3 atom stereocenters. The van der Waals surface area contributed by atoms with Gasteiger partial charge in [-0.2, -0.15) is 0 Å². The number of halogens is 2. The number of aliphatic hydroxyl groups is 1. The summed E-state index contributed by atoms with van der Waals surface area (Å²) in [5.74, 6) is 0. The maximum Gasteiger partial charge on any atom is 0.407 e. The van der Waals surface area contributed by atoms with Crippen molar-refractivity contribution >= 4 is 37.6 Å². The number of hydrogen-bond donors (Lipinski definition) is 2. The third kappa shape index (κ3) is 4.93. The lowest BCUT2D eigenvalue weighted by molar-refractivity contribution is -0.00896. The second-order valence-electron chi connectivity index (χ2n) is 9.53. The quantitative estimate of drug-likeness (QED) is 0.484. The SMILES string of the molecule is CCC[C@@]1(C(O)c2ccc(Cl)c(Cl)c2)C[C@@H](O[Si](C)(C)C(C)(C)C)CN1C(=O)O. The Labute approximate surface area is 185 Å². The second-order valence-corrected chi connectivity index (χ2v) is 15.1. The highest BCUT2D eigenvalue weighted by molar-refractivity contribution is 6.74. The van der Waals surface area contributed by atoms with E-state index < -0.39 is 26.1 Å². The van der Waals surface area contributed by atoms with E-state index in [-0.39, 0.29) is 17.7 Å². The molecule has 164 valence electrons. The van der Waals surface area contributed by atoms with E-state index >= 15 is 0 Å². The van der Waals surface area contributed by atoms with Gasteiger partial charge in [-0.3, -0.25) is 4.90 Å². The predicted molar refractivity (Wildman–Crippen MR) is 120 cm³/mol. The lowest BCUT2D eigenvalue weighted by atomic mass is 9.81. The summed E-state index contributed by atoms with van der Waals surface area (Å²) in [6.45, 7) is 13.0. The van der Waals surface area contributed by atoms with Gasteiger partial charge in [-0.1, -0.05) is 63.4 Å². The minimum Gasteiger partial charge on any atom is -0.465 e. The van der Waals surface area contributed by atoms with Crippen molar-refractivity contribution in [1.29, 1.82) is 0 Å². The minimum atomic E-state index is -2.09. The summed E-state index contributed by atoms with van der Waals surface area (Å²) < 4.78 is 6.55. The van der Waals surface area contributed by atoms with E-state index in [2.05, 4.69) is 33.9 Å². The molecule has 2 N–H and O–H groups in total. The summed E-state index contributed by atoms with van der Waals surface area (Å²) >= 11 is 12.2. The van der Waals surface area contributed by atoms with Gasteiger partial charge in [-0.05, 0) is 42.2 Å². The van der Waals surface area contributed by atoms with Gasteiger partial charge in [0.2, 0.25) is 0 Å². The Morgan fingerprint density at radius 3 is 2.45 bits per heavy atom. The molecule has 8 heteroatoms. The molecule has 0 radical (unpaired) electrons. The van der Waals surface area contributed by atoms with E-state index in [1.807, 2.05) is 6.92 Å². The minimum absolute atomic E-state index is 0.0133. The number of rotatable bonds is 6. The zero-order valence-corrected chi connectivity index (χ0v) is 20.6. The Bertz CT molecular complexity index is 753. The average Bonchev–Trinajstić information content (AvgIpc) is 2.95. The van der Waals surface area contributed by atoms with Gasteiger partial charge in [-0.15, -0.1) is 0 Å². The smallest absolute Gasteiger partial charge is 0.407 e. The van der Waals surface area contributed by atoms with Crippen molar-refractivity contribution in [2.75, 3.05) is 6.54 Å². The zero-order valence-electron chi connectivity index (χ0n) is 18.1. The number of likely N-dealkylation sites (tertiary alicyclic amines) is 1. The standard InChI is InChI=1S/C21H33Cl2NO4Si/c1-7-10-21(18(25)14-8-9-16(22)17(23)11-14)12-15(13-24(21)19(26)27)28-29(5,6)20(2,3)4/h8-9,11,15,18,25H,7,10,12-13H2,1-6H3,(H,26,27)/t15-,18?,21+/m1/s1. The van der Waals surface area contributed by atoms with Crippen molar-refractivity contribution in [3.8, 4) is 0 Å². The first-order valence-corrected chi connectivity index (χ1v) is 13.7. The van der Waals surface area contributed by atoms with Gasteiger partial charge < -0.3 is 14.6 Å². The fourth-order valence-corrected chi connectivity index (χ4v) is 5.61. The van der Waals surface area contributed by atoms with Crippen LogP contribution >= 0.6 is 23.2 Å². The number of carbonyl (C=O) groups is 1. The van der Waals surface area contributed by atoms with Crippen LogP contribution < -0.4 is 0 Å². The molecular formula is C21H33Cl2NO4Si. The fraction of sp³-hybridized carbons (Fsp3) is 0.667. The van der Waals surface area contributed by atoms with Gasteiger partial charge in [0.1, 0.15) is 6.10 Å². The molecule has 1 aliphatic rings. The molecule has 1 saturated heterocycles. The van der Waals surface area contributed by atoms with Gasteiger partial charge in [-0.25, -0.2) is 4.79 Å². The molecule has 0 aromatic heterocycles. The molecule has 0 spiro atoms. The molecular weight excluding hydrogens is 429 g/mol. The molecule has 1 aromatic carbocycles. The third-order valence-electron chi connectivity index (χ3n) is 6.45. The highest BCUT2D eigenvalue weighted by Gasteiger charge is 2.54. The Morgan fingerprint density at radius 2 is 1.97 bits per heavy atom. The van der Waals surface area contributed by atoms with Crippen LogP contribution in [0.5, 0.6) is 0 Å². The van der Waals surface area contributed by atoms with Crippen molar-refractivity contribution in [3.63, 3.8) is 0 Å². The summed E-state index contributed by atoms with van der Waals surface area (Å²) in [5.41, 5.74) is -0.405. The summed E-state index contributed by atoms with van der Waals surface area (Å²) in [7, 11) is -2.09.